The molecule has 164 valence electrons. The number of piperidine rings is 3. The molecule has 3 aliphatic heterocycles. The van der Waals surface area contributed by atoms with Crippen molar-refractivity contribution in [3.63, 3.8) is 0 Å². The van der Waals surface area contributed by atoms with Gasteiger partial charge in [0.25, 0.3) is 0 Å². The number of fused-ring (bicyclic) bond motifs is 4. The summed E-state index contributed by atoms with van der Waals surface area (Å²) in [4.78, 5) is 4.61. The van der Waals surface area contributed by atoms with Crippen molar-refractivity contribution in [3.8, 4) is 0 Å². The van der Waals surface area contributed by atoms with Crippen LogP contribution in [-0.2, 0) is 11.3 Å². The molecular formula is C29H33N2O+. The van der Waals surface area contributed by atoms with Gasteiger partial charge in [-0.15, -0.1) is 13.2 Å². The number of quaternary nitrogens is 1. The molecule has 5 atom stereocenters. The van der Waals surface area contributed by atoms with Gasteiger partial charge < -0.3 is 9.22 Å². The number of rotatable bonds is 8. The van der Waals surface area contributed by atoms with Gasteiger partial charge in [-0.25, -0.2) is 0 Å². The van der Waals surface area contributed by atoms with Gasteiger partial charge in [0, 0.05) is 35.9 Å². The second-order valence-corrected chi connectivity index (χ2v) is 9.48. The number of hydrogen-bond donors (Lipinski definition) is 0. The van der Waals surface area contributed by atoms with Gasteiger partial charge in [-0.05, 0) is 23.6 Å². The Kier molecular flexibility index (Phi) is 5.95. The number of ether oxygens (including phenoxy) is 1. The highest BCUT2D eigenvalue weighted by molar-refractivity contribution is 5.82. The van der Waals surface area contributed by atoms with E-state index in [9.17, 15) is 0 Å². The Bertz CT molecular complexity index is 1090. The van der Waals surface area contributed by atoms with Crippen LogP contribution in [0.1, 0.15) is 30.1 Å². The fraction of sp³-hybridized carbons (Fsp3) is 0.345. The van der Waals surface area contributed by atoms with Crippen molar-refractivity contribution in [1.82, 2.24) is 4.98 Å². The highest BCUT2D eigenvalue weighted by atomic mass is 16.5. The van der Waals surface area contributed by atoms with Crippen molar-refractivity contribution in [2.75, 3.05) is 19.7 Å². The van der Waals surface area contributed by atoms with Crippen LogP contribution in [0, 0.1) is 11.8 Å². The number of nitrogens with zero attached hydrogens (tertiary/aromatic N) is 2. The third-order valence-electron chi connectivity index (χ3n) is 7.75. The first-order valence-electron chi connectivity index (χ1n) is 11.8. The van der Waals surface area contributed by atoms with Gasteiger partial charge in [-0.2, -0.15) is 0 Å². The fourth-order valence-electron chi connectivity index (χ4n) is 6.26. The molecule has 3 aliphatic rings. The lowest BCUT2D eigenvalue weighted by Crippen LogP contribution is -2.67. The normalized spacial score (nSPS) is 27.8. The summed E-state index contributed by atoms with van der Waals surface area (Å²) >= 11 is 0. The molecule has 0 aliphatic carbocycles. The number of aromatic nitrogens is 1. The molecule has 0 amide bonds. The third kappa shape index (κ3) is 3.80. The maximum absolute atomic E-state index is 6.62. The molecular weight excluding hydrogens is 392 g/mol. The molecule has 3 nitrogen and oxygen atoms in total. The van der Waals surface area contributed by atoms with Gasteiger partial charge in [-0.1, -0.05) is 60.7 Å². The lowest BCUT2D eigenvalue weighted by atomic mass is 9.71. The Morgan fingerprint density at radius 3 is 2.69 bits per heavy atom. The van der Waals surface area contributed by atoms with Gasteiger partial charge in [0.1, 0.15) is 18.7 Å². The molecule has 6 rings (SSSR count). The van der Waals surface area contributed by atoms with Gasteiger partial charge in [0.15, 0.2) is 0 Å². The largest absolute Gasteiger partial charge is 0.363 e. The molecule has 32 heavy (non-hydrogen) atoms. The van der Waals surface area contributed by atoms with Crippen molar-refractivity contribution < 1.29 is 9.22 Å². The summed E-state index contributed by atoms with van der Waals surface area (Å²) in [6.45, 7) is 12.1. The average Bonchev–Trinajstić information content (AvgIpc) is 2.85. The van der Waals surface area contributed by atoms with Crippen molar-refractivity contribution in [1.29, 1.82) is 0 Å². The van der Waals surface area contributed by atoms with Crippen LogP contribution in [0.3, 0.4) is 0 Å². The molecule has 3 aromatic rings. The van der Waals surface area contributed by atoms with E-state index >= 15 is 0 Å². The first kappa shape index (κ1) is 21.1. The van der Waals surface area contributed by atoms with E-state index in [4.69, 9.17) is 4.74 Å². The second kappa shape index (κ2) is 9.01. The molecule has 3 heteroatoms. The predicted octanol–water partition coefficient (Wildman–Crippen LogP) is 6.09. The Hall–Kier alpha value is -2.75. The topological polar surface area (TPSA) is 22.1 Å². The molecule has 0 saturated carbocycles. The van der Waals surface area contributed by atoms with Crippen LogP contribution in [0.15, 0.2) is 92.2 Å². The van der Waals surface area contributed by atoms with E-state index in [1.165, 1.54) is 35.9 Å². The van der Waals surface area contributed by atoms with Crippen LogP contribution in [0.2, 0.25) is 0 Å². The van der Waals surface area contributed by atoms with Crippen molar-refractivity contribution in [2.45, 2.75) is 31.5 Å². The van der Waals surface area contributed by atoms with Crippen LogP contribution in [-0.4, -0.2) is 35.2 Å². The van der Waals surface area contributed by atoms with Crippen molar-refractivity contribution >= 4 is 10.9 Å². The number of hydrogen-bond acceptors (Lipinski definition) is 2. The zero-order valence-electron chi connectivity index (χ0n) is 18.8. The highest BCUT2D eigenvalue weighted by Gasteiger charge is 2.54. The maximum Gasteiger partial charge on any atom is 0.135 e. The molecule has 2 bridgehead atoms. The third-order valence-corrected chi connectivity index (χ3v) is 7.75. The lowest BCUT2D eigenvalue weighted by molar-refractivity contribution is -0.985. The van der Waals surface area contributed by atoms with Crippen molar-refractivity contribution in [2.24, 2.45) is 11.8 Å². The second-order valence-electron chi connectivity index (χ2n) is 9.48. The van der Waals surface area contributed by atoms with Gasteiger partial charge in [-0.3, -0.25) is 4.98 Å². The minimum Gasteiger partial charge on any atom is -0.363 e. The summed E-state index contributed by atoms with van der Waals surface area (Å²) in [6.07, 6.45) is 8.47. The number of para-hydroxylation sites is 1. The zero-order valence-corrected chi connectivity index (χ0v) is 18.8. The molecule has 0 radical (unpaired) electrons. The predicted molar refractivity (Wildman–Crippen MR) is 131 cm³/mol. The molecule has 4 heterocycles. The van der Waals surface area contributed by atoms with E-state index in [0.717, 1.165) is 23.1 Å². The Morgan fingerprint density at radius 2 is 1.88 bits per heavy atom. The van der Waals surface area contributed by atoms with Gasteiger partial charge in [0.05, 0.1) is 25.2 Å². The smallest absolute Gasteiger partial charge is 0.135 e. The summed E-state index contributed by atoms with van der Waals surface area (Å²) in [5, 5.41) is 1.20. The van der Waals surface area contributed by atoms with Gasteiger partial charge >= 0.3 is 0 Å². The minimum atomic E-state index is 0.0122. The Morgan fingerprint density at radius 1 is 1.06 bits per heavy atom. The van der Waals surface area contributed by atoms with Crippen LogP contribution in [0.5, 0.6) is 0 Å². The number of pyridine rings is 1. The van der Waals surface area contributed by atoms with E-state index in [1.807, 2.05) is 12.3 Å². The molecule has 2 aromatic carbocycles. The van der Waals surface area contributed by atoms with Crippen molar-refractivity contribution in [3.05, 3.63) is 103 Å². The summed E-state index contributed by atoms with van der Waals surface area (Å²) in [6, 6.07) is 22.0. The molecule has 0 N–H and O–H groups in total. The first-order chi connectivity index (χ1) is 15.7. The molecule has 3 fully saturated rings. The van der Waals surface area contributed by atoms with E-state index in [2.05, 4.69) is 84.9 Å². The monoisotopic (exact) mass is 425 g/mol. The van der Waals surface area contributed by atoms with Crippen LogP contribution >= 0.6 is 0 Å². The quantitative estimate of drug-likeness (QED) is 0.322. The molecule has 0 spiro atoms. The summed E-state index contributed by atoms with van der Waals surface area (Å²) < 4.78 is 7.69. The highest BCUT2D eigenvalue weighted by Crippen LogP contribution is 2.49. The fourth-order valence-corrected chi connectivity index (χ4v) is 6.26. The standard InChI is InChI=1S/C29H33N2O/c1-3-18-32-29(26-14-16-30-27-13-9-8-12-25(26)27)28-19-24-15-17-31(28,21-23(24)4-2)20-22-10-6-5-7-11-22/h3-14,16,23-24,28-29H,1-2,15,17-21H2/q+1/t23-,24-,28+,29-,31?/m0/s1. The summed E-state index contributed by atoms with van der Waals surface area (Å²) in [7, 11) is 0. The average molecular weight is 426 g/mol. The first-order valence-corrected chi connectivity index (χ1v) is 11.8. The zero-order chi connectivity index (χ0) is 22.0. The van der Waals surface area contributed by atoms with Crippen LogP contribution in [0.25, 0.3) is 10.9 Å². The number of benzene rings is 2. The molecule has 1 unspecified atom stereocenters. The summed E-state index contributed by atoms with van der Waals surface area (Å²) in [5.41, 5.74) is 3.70. The lowest BCUT2D eigenvalue weighted by Gasteiger charge is -2.58. The summed E-state index contributed by atoms with van der Waals surface area (Å²) in [5.74, 6) is 1.27. The Labute approximate surface area is 191 Å². The van der Waals surface area contributed by atoms with Gasteiger partial charge in [0.2, 0.25) is 0 Å². The SMILES string of the molecule is C=CCO[C@@H](c1ccnc2ccccc12)[C@H]1C[C@@H]2CC[N+]1(Cc1ccccc1)C[C@@H]2C=C. The molecule has 3 saturated heterocycles. The van der Waals surface area contributed by atoms with Crippen LogP contribution in [0.4, 0.5) is 0 Å². The van der Waals surface area contributed by atoms with Crippen LogP contribution < -0.4 is 0 Å². The maximum atomic E-state index is 6.62. The van der Waals surface area contributed by atoms with E-state index in [0.29, 0.717) is 24.5 Å². The minimum absolute atomic E-state index is 0.0122. The van der Waals surface area contributed by atoms with E-state index in [1.54, 1.807) is 0 Å². The van der Waals surface area contributed by atoms with E-state index < -0.39 is 0 Å². The van der Waals surface area contributed by atoms with E-state index in [-0.39, 0.29) is 6.10 Å². The Balaban J connectivity index is 1.60. The molecule has 1 aromatic heterocycles.